The molecule has 1 aromatic carbocycles. The molecular formula is C21H35ClN2O2. The Morgan fingerprint density at radius 3 is 2.62 bits per heavy atom. The molecule has 1 amide bonds. The summed E-state index contributed by atoms with van der Waals surface area (Å²) in [6.45, 7) is 10.1. The summed E-state index contributed by atoms with van der Waals surface area (Å²) in [5.41, 5.74) is 1.22. The minimum atomic E-state index is 0. The highest BCUT2D eigenvalue weighted by atomic mass is 35.5. The summed E-state index contributed by atoms with van der Waals surface area (Å²) in [6.07, 6.45) is 3.96. The molecule has 2 N–H and O–H groups in total. The largest absolute Gasteiger partial charge is 0.493 e. The average molecular weight is 383 g/mol. The first-order valence-corrected chi connectivity index (χ1v) is 9.73. The SMILES string of the molecule is CC(C)COc1ccc(CCNC(=O)CC(C)C2CCCNC2)cc1.Cl. The van der Waals surface area contributed by atoms with E-state index in [0.29, 0.717) is 30.7 Å². The van der Waals surface area contributed by atoms with Crippen molar-refractivity contribution < 1.29 is 9.53 Å². The second-order valence-electron chi connectivity index (χ2n) is 7.74. The summed E-state index contributed by atoms with van der Waals surface area (Å²) in [7, 11) is 0. The maximum atomic E-state index is 12.1. The molecule has 0 saturated carbocycles. The lowest BCUT2D eigenvalue weighted by molar-refractivity contribution is -0.122. The van der Waals surface area contributed by atoms with Crippen molar-refractivity contribution in [2.45, 2.75) is 46.5 Å². The van der Waals surface area contributed by atoms with Gasteiger partial charge in [-0.05, 0) is 67.8 Å². The molecule has 1 fully saturated rings. The summed E-state index contributed by atoms with van der Waals surface area (Å²) in [5.74, 6) is 2.70. The van der Waals surface area contributed by atoms with Gasteiger partial charge in [-0.15, -0.1) is 12.4 Å². The van der Waals surface area contributed by atoms with Crippen LogP contribution >= 0.6 is 12.4 Å². The van der Waals surface area contributed by atoms with Gasteiger partial charge in [-0.2, -0.15) is 0 Å². The van der Waals surface area contributed by atoms with Gasteiger partial charge >= 0.3 is 0 Å². The molecule has 2 rings (SSSR count). The molecule has 0 radical (unpaired) electrons. The molecule has 1 aliphatic rings. The highest BCUT2D eigenvalue weighted by molar-refractivity contribution is 5.85. The van der Waals surface area contributed by atoms with Crippen LogP contribution in [-0.4, -0.2) is 32.1 Å². The highest BCUT2D eigenvalue weighted by Gasteiger charge is 2.21. The monoisotopic (exact) mass is 382 g/mol. The van der Waals surface area contributed by atoms with E-state index < -0.39 is 0 Å². The van der Waals surface area contributed by atoms with Crippen LogP contribution in [0.15, 0.2) is 24.3 Å². The smallest absolute Gasteiger partial charge is 0.220 e. The summed E-state index contributed by atoms with van der Waals surface area (Å²) in [6, 6.07) is 8.19. The quantitative estimate of drug-likeness (QED) is 0.682. The van der Waals surface area contributed by atoms with E-state index in [-0.39, 0.29) is 18.3 Å². The van der Waals surface area contributed by atoms with Gasteiger partial charge in [0.2, 0.25) is 5.91 Å². The lowest BCUT2D eigenvalue weighted by Crippen LogP contribution is -2.36. The van der Waals surface area contributed by atoms with Crippen LogP contribution in [0.1, 0.15) is 45.6 Å². The van der Waals surface area contributed by atoms with Crippen molar-refractivity contribution in [3.63, 3.8) is 0 Å². The lowest BCUT2D eigenvalue weighted by Gasteiger charge is -2.28. The van der Waals surface area contributed by atoms with Crippen LogP contribution in [0.4, 0.5) is 0 Å². The molecule has 0 bridgehead atoms. The first kappa shape index (κ1) is 22.8. The van der Waals surface area contributed by atoms with Gasteiger partial charge in [-0.3, -0.25) is 4.79 Å². The predicted octanol–water partition coefficient (Wildman–Crippen LogP) is 3.83. The van der Waals surface area contributed by atoms with E-state index in [4.69, 9.17) is 4.74 Å². The van der Waals surface area contributed by atoms with Crippen LogP contribution in [0.25, 0.3) is 0 Å². The molecule has 5 heteroatoms. The zero-order valence-corrected chi connectivity index (χ0v) is 17.2. The Morgan fingerprint density at radius 1 is 1.27 bits per heavy atom. The van der Waals surface area contributed by atoms with Crippen molar-refractivity contribution in [1.29, 1.82) is 0 Å². The van der Waals surface area contributed by atoms with Crippen LogP contribution in [0, 0.1) is 17.8 Å². The number of carbonyl (C=O) groups is 1. The van der Waals surface area contributed by atoms with Gasteiger partial charge < -0.3 is 15.4 Å². The molecule has 0 aromatic heterocycles. The summed E-state index contributed by atoms with van der Waals surface area (Å²) < 4.78 is 5.69. The van der Waals surface area contributed by atoms with Crippen LogP contribution in [0.5, 0.6) is 5.75 Å². The number of hydrogen-bond acceptors (Lipinski definition) is 3. The first-order valence-electron chi connectivity index (χ1n) is 9.73. The topological polar surface area (TPSA) is 50.4 Å². The molecule has 1 aromatic rings. The molecule has 0 aliphatic carbocycles. The Morgan fingerprint density at radius 2 is 2.00 bits per heavy atom. The number of piperidine rings is 1. The van der Waals surface area contributed by atoms with E-state index in [1.165, 1.54) is 18.4 Å². The second-order valence-corrected chi connectivity index (χ2v) is 7.74. The molecule has 1 saturated heterocycles. The van der Waals surface area contributed by atoms with Crippen LogP contribution in [0.2, 0.25) is 0 Å². The maximum Gasteiger partial charge on any atom is 0.220 e. The Bertz CT molecular complexity index is 513. The normalized spacial score (nSPS) is 18.1. The summed E-state index contributed by atoms with van der Waals surface area (Å²) in [4.78, 5) is 12.1. The Labute approximate surface area is 164 Å². The van der Waals surface area contributed by atoms with Gasteiger partial charge in [-0.25, -0.2) is 0 Å². The van der Waals surface area contributed by atoms with Gasteiger partial charge in [0.15, 0.2) is 0 Å². The number of ether oxygens (including phenoxy) is 1. The van der Waals surface area contributed by atoms with Crippen molar-refractivity contribution in [3.8, 4) is 5.75 Å². The Balaban J connectivity index is 0.00000338. The number of rotatable bonds is 9. The highest BCUT2D eigenvalue weighted by Crippen LogP contribution is 2.22. The van der Waals surface area contributed by atoms with E-state index in [1.807, 2.05) is 12.1 Å². The number of nitrogens with one attached hydrogen (secondary N) is 2. The third-order valence-corrected chi connectivity index (χ3v) is 4.89. The summed E-state index contributed by atoms with van der Waals surface area (Å²) in [5, 5.41) is 6.50. The van der Waals surface area contributed by atoms with E-state index in [2.05, 4.69) is 43.5 Å². The Kier molecular flexibility index (Phi) is 10.7. The Hall–Kier alpha value is -1.26. The zero-order valence-electron chi connectivity index (χ0n) is 16.4. The number of benzene rings is 1. The first-order chi connectivity index (χ1) is 12.0. The third kappa shape index (κ3) is 8.41. The van der Waals surface area contributed by atoms with Crippen LogP contribution in [0.3, 0.4) is 0 Å². The standard InChI is InChI=1S/C21H34N2O2.ClH/c1-16(2)15-25-20-8-6-18(7-9-20)10-12-23-21(24)13-17(3)19-5-4-11-22-14-19;/h6-9,16-17,19,22H,4-5,10-15H2,1-3H3,(H,23,24);1H. The molecule has 2 atom stereocenters. The molecule has 0 spiro atoms. The minimum Gasteiger partial charge on any atom is -0.493 e. The number of halogens is 1. The van der Waals surface area contributed by atoms with Gasteiger partial charge in [0.25, 0.3) is 0 Å². The molecule has 148 valence electrons. The zero-order chi connectivity index (χ0) is 18.1. The predicted molar refractivity (Wildman–Crippen MR) is 110 cm³/mol. The van der Waals surface area contributed by atoms with Crippen molar-refractivity contribution >= 4 is 18.3 Å². The molecule has 1 aliphatic heterocycles. The second kappa shape index (κ2) is 12.2. The third-order valence-electron chi connectivity index (χ3n) is 4.89. The van der Waals surface area contributed by atoms with Crippen molar-refractivity contribution in [2.75, 3.05) is 26.2 Å². The van der Waals surface area contributed by atoms with Gasteiger partial charge in [0.1, 0.15) is 5.75 Å². The van der Waals surface area contributed by atoms with Crippen molar-refractivity contribution in [1.82, 2.24) is 10.6 Å². The van der Waals surface area contributed by atoms with E-state index in [1.54, 1.807) is 0 Å². The van der Waals surface area contributed by atoms with Gasteiger partial charge in [0, 0.05) is 13.0 Å². The molecular weight excluding hydrogens is 348 g/mol. The van der Waals surface area contributed by atoms with Crippen molar-refractivity contribution in [3.05, 3.63) is 29.8 Å². The average Bonchev–Trinajstić information content (AvgIpc) is 2.61. The molecule has 2 unspecified atom stereocenters. The van der Waals surface area contributed by atoms with Crippen LogP contribution in [-0.2, 0) is 11.2 Å². The number of amides is 1. The summed E-state index contributed by atoms with van der Waals surface area (Å²) >= 11 is 0. The maximum absolute atomic E-state index is 12.1. The molecule has 26 heavy (non-hydrogen) atoms. The lowest BCUT2D eigenvalue weighted by atomic mass is 9.85. The number of carbonyl (C=O) groups excluding carboxylic acids is 1. The van der Waals surface area contributed by atoms with Gasteiger partial charge in [-0.1, -0.05) is 32.9 Å². The fourth-order valence-electron chi connectivity index (χ4n) is 3.26. The fourth-order valence-corrected chi connectivity index (χ4v) is 3.26. The van der Waals surface area contributed by atoms with Crippen LogP contribution < -0.4 is 15.4 Å². The number of hydrogen-bond donors (Lipinski definition) is 2. The van der Waals surface area contributed by atoms with E-state index in [0.717, 1.165) is 31.9 Å². The molecule has 4 nitrogen and oxygen atoms in total. The fraction of sp³-hybridized carbons (Fsp3) is 0.667. The minimum absolute atomic E-state index is 0. The van der Waals surface area contributed by atoms with E-state index >= 15 is 0 Å². The van der Waals surface area contributed by atoms with Crippen molar-refractivity contribution in [2.24, 2.45) is 17.8 Å². The van der Waals surface area contributed by atoms with Gasteiger partial charge in [0.05, 0.1) is 6.61 Å². The van der Waals surface area contributed by atoms with E-state index in [9.17, 15) is 4.79 Å². The molecule has 1 heterocycles.